The lowest BCUT2D eigenvalue weighted by atomic mass is 10.1. The van der Waals surface area contributed by atoms with Crippen molar-refractivity contribution >= 4 is 11.7 Å². The number of hydrogen-bond acceptors (Lipinski definition) is 4. The Balaban J connectivity index is 2.98. The van der Waals surface area contributed by atoms with E-state index in [2.05, 4.69) is 10.3 Å². The standard InChI is InChI=1S/C12H19N3O2/c1-4-15(8-11(17)13-3)12-10(9(2)16)6-5-7-14-12/h5-7,9,16H,4,8H2,1-3H3,(H,13,17). The second-order valence-corrected chi connectivity index (χ2v) is 3.78. The molecule has 0 saturated heterocycles. The molecule has 2 N–H and O–H groups in total. The summed E-state index contributed by atoms with van der Waals surface area (Å²) in [4.78, 5) is 17.5. The highest BCUT2D eigenvalue weighted by Gasteiger charge is 2.16. The lowest BCUT2D eigenvalue weighted by molar-refractivity contribution is -0.119. The third-order valence-electron chi connectivity index (χ3n) is 2.56. The molecule has 0 spiro atoms. The summed E-state index contributed by atoms with van der Waals surface area (Å²) in [6.45, 7) is 4.53. The van der Waals surface area contributed by atoms with Crippen molar-refractivity contribution in [2.45, 2.75) is 20.0 Å². The summed E-state index contributed by atoms with van der Waals surface area (Å²) >= 11 is 0. The van der Waals surface area contributed by atoms with Crippen molar-refractivity contribution in [3.05, 3.63) is 23.9 Å². The van der Waals surface area contributed by atoms with Crippen molar-refractivity contribution in [1.82, 2.24) is 10.3 Å². The molecule has 0 fully saturated rings. The molecule has 0 saturated carbocycles. The fourth-order valence-corrected chi connectivity index (χ4v) is 1.59. The van der Waals surface area contributed by atoms with Crippen LogP contribution in [0.25, 0.3) is 0 Å². The van der Waals surface area contributed by atoms with E-state index < -0.39 is 6.10 Å². The topological polar surface area (TPSA) is 65.5 Å². The van der Waals surface area contributed by atoms with E-state index in [9.17, 15) is 9.90 Å². The number of nitrogens with zero attached hydrogens (tertiary/aromatic N) is 2. The minimum atomic E-state index is -0.600. The van der Waals surface area contributed by atoms with Crippen LogP contribution in [0.1, 0.15) is 25.5 Å². The molecule has 1 aromatic heterocycles. The molecular formula is C12H19N3O2. The van der Waals surface area contributed by atoms with Crippen molar-refractivity contribution in [3.63, 3.8) is 0 Å². The monoisotopic (exact) mass is 237 g/mol. The average molecular weight is 237 g/mol. The van der Waals surface area contributed by atoms with Gasteiger partial charge in [-0.25, -0.2) is 4.98 Å². The van der Waals surface area contributed by atoms with E-state index in [0.717, 1.165) is 5.56 Å². The zero-order valence-corrected chi connectivity index (χ0v) is 10.5. The summed E-state index contributed by atoms with van der Waals surface area (Å²) in [5.74, 6) is 0.586. The number of aliphatic hydroxyl groups is 1. The maximum atomic E-state index is 11.4. The van der Waals surface area contributed by atoms with E-state index >= 15 is 0 Å². The number of aromatic nitrogens is 1. The first-order valence-corrected chi connectivity index (χ1v) is 5.68. The van der Waals surface area contributed by atoms with Crippen LogP contribution < -0.4 is 10.2 Å². The number of carbonyl (C=O) groups is 1. The van der Waals surface area contributed by atoms with Crippen LogP contribution in [-0.2, 0) is 4.79 Å². The number of amides is 1. The maximum Gasteiger partial charge on any atom is 0.239 e. The number of likely N-dealkylation sites (N-methyl/N-ethyl adjacent to an activating group) is 2. The first kappa shape index (κ1) is 13.4. The Hall–Kier alpha value is -1.62. The predicted molar refractivity (Wildman–Crippen MR) is 66.8 cm³/mol. The third-order valence-corrected chi connectivity index (χ3v) is 2.56. The predicted octanol–water partition coefficient (Wildman–Crippen LogP) is 0.707. The zero-order chi connectivity index (χ0) is 12.8. The summed E-state index contributed by atoms with van der Waals surface area (Å²) in [5.41, 5.74) is 0.734. The van der Waals surface area contributed by atoms with Crippen LogP contribution in [0.3, 0.4) is 0 Å². The Morgan fingerprint density at radius 3 is 2.88 bits per heavy atom. The zero-order valence-electron chi connectivity index (χ0n) is 10.5. The minimum Gasteiger partial charge on any atom is -0.389 e. The number of pyridine rings is 1. The van der Waals surface area contributed by atoms with Gasteiger partial charge in [-0.05, 0) is 19.9 Å². The average Bonchev–Trinajstić information content (AvgIpc) is 2.35. The highest BCUT2D eigenvalue weighted by atomic mass is 16.3. The molecule has 0 bridgehead atoms. The van der Waals surface area contributed by atoms with Crippen molar-refractivity contribution in [3.8, 4) is 0 Å². The first-order valence-electron chi connectivity index (χ1n) is 5.68. The quantitative estimate of drug-likeness (QED) is 0.791. The highest BCUT2D eigenvalue weighted by Crippen LogP contribution is 2.23. The van der Waals surface area contributed by atoms with Crippen LogP contribution in [0.4, 0.5) is 5.82 Å². The number of anilines is 1. The molecule has 1 amide bonds. The molecule has 1 heterocycles. The number of nitrogens with one attached hydrogen (secondary N) is 1. The molecule has 17 heavy (non-hydrogen) atoms. The van der Waals surface area contributed by atoms with Gasteiger partial charge in [-0.15, -0.1) is 0 Å². The lowest BCUT2D eigenvalue weighted by Crippen LogP contribution is -2.36. The molecule has 1 aromatic rings. The molecule has 0 radical (unpaired) electrons. The van der Waals surface area contributed by atoms with E-state index in [1.165, 1.54) is 0 Å². The van der Waals surface area contributed by atoms with Gasteiger partial charge in [0.1, 0.15) is 5.82 Å². The summed E-state index contributed by atoms with van der Waals surface area (Å²) in [7, 11) is 1.60. The summed E-state index contributed by atoms with van der Waals surface area (Å²) in [6.07, 6.45) is 1.06. The van der Waals surface area contributed by atoms with Crippen molar-refractivity contribution in [1.29, 1.82) is 0 Å². The van der Waals surface area contributed by atoms with E-state index in [4.69, 9.17) is 0 Å². The van der Waals surface area contributed by atoms with Crippen LogP contribution in [0.15, 0.2) is 18.3 Å². The first-order chi connectivity index (χ1) is 8.10. The fraction of sp³-hybridized carbons (Fsp3) is 0.500. The van der Waals surface area contributed by atoms with Crippen molar-refractivity contribution in [2.75, 3.05) is 25.0 Å². The van der Waals surface area contributed by atoms with Gasteiger partial charge in [0.15, 0.2) is 0 Å². The molecule has 5 nitrogen and oxygen atoms in total. The number of hydrogen-bond donors (Lipinski definition) is 2. The number of carbonyl (C=O) groups excluding carboxylic acids is 1. The Bertz CT molecular complexity index is 380. The molecule has 0 aliphatic rings. The van der Waals surface area contributed by atoms with Crippen LogP contribution >= 0.6 is 0 Å². The summed E-state index contributed by atoms with van der Waals surface area (Å²) < 4.78 is 0. The van der Waals surface area contributed by atoms with Gasteiger partial charge in [0.05, 0.1) is 12.6 Å². The van der Waals surface area contributed by atoms with Crippen LogP contribution in [0.5, 0.6) is 0 Å². The lowest BCUT2D eigenvalue weighted by Gasteiger charge is -2.24. The van der Waals surface area contributed by atoms with Crippen LogP contribution in [0.2, 0.25) is 0 Å². The molecule has 0 aliphatic carbocycles. The fourth-order valence-electron chi connectivity index (χ4n) is 1.59. The molecule has 1 rings (SSSR count). The molecule has 5 heteroatoms. The highest BCUT2D eigenvalue weighted by molar-refractivity contribution is 5.80. The Labute approximate surface area is 101 Å². The van der Waals surface area contributed by atoms with Crippen LogP contribution in [0, 0.1) is 0 Å². The van der Waals surface area contributed by atoms with Gasteiger partial charge in [-0.2, -0.15) is 0 Å². The van der Waals surface area contributed by atoms with Gasteiger partial charge >= 0.3 is 0 Å². The minimum absolute atomic E-state index is 0.0750. The molecule has 1 unspecified atom stereocenters. The Morgan fingerprint density at radius 2 is 2.35 bits per heavy atom. The van der Waals surface area contributed by atoms with Gasteiger partial charge in [0, 0.05) is 25.4 Å². The normalized spacial score (nSPS) is 12.0. The molecule has 0 aliphatic heterocycles. The number of aliphatic hydroxyl groups excluding tert-OH is 1. The van der Waals surface area contributed by atoms with E-state index in [-0.39, 0.29) is 12.5 Å². The van der Waals surface area contributed by atoms with E-state index in [1.807, 2.05) is 17.9 Å². The van der Waals surface area contributed by atoms with Gasteiger partial charge in [-0.3, -0.25) is 4.79 Å². The van der Waals surface area contributed by atoms with Gasteiger partial charge in [0.2, 0.25) is 5.91 Å². The van der Waals surface area contributed by atoms with Gasteiger partial charge in [-0.1, -0.05) is 6.07 Å². The molecule has 0 aromatic carbocycles. The molecular weight excluding hydrogens is 218 g/mol. The van der Waals surface area contributed by atoms with Crippen molar-refractivity contribution < 1.29 is 9.90 Å². The van der Waals surface area contributed by atoms with Crippen molar-refractivity contribution in [2.24, 2.45) is 0 Å². The summed E-state index contributed by atoms with van der Waals surface area (Å²) in [6, 6.07) is 3.60. The maximum absolute atomic E-state index is 11.4. The summed E-state index contributed by atoms with van der Waals surface area (Å²) in [5, 5.41) is 12.3. The van der Waals surface area contributed by atoms with E-state index in [0.29, 0.717) is 12.4 Å². The Morgan fingerprint density at radius 1 is 1.65 bits per heavy atom. The second-order valence-electron chi connectivity index (χ2n) is 3.78. The smallest absolute Gasteiger partial charge is 0.239 e. The van der Waals surface area contributed by atoms with Gasteiger partial charge < -0.3 is 15.3 Å². The second kappa shape index (κ2) is 6.20. The third kappa shape index (κ3) is 3.42. The largest absolute Gasteiger partial charge is 0.389 e. The number of rotatable bonds is 5. The van der Waals surface area contributed by atoms with Crippen LogP contribution in [-0.4, -0.2) is 36.1 Å². The molecule has 1 atom stereocenters. The Kier molecular flexibility index (Phi) is 4.90. The molecule has 94 valence electrons. The SMILES string of the molecule is CCN(CC(=O)NC)c1ncccc1C(C)O. The van der Waals surface area contributed by atoms with E-state index in [1.54, 1.807) is 26.2 Å². The van der Waals surface area contributed by atoms with Gasteiger partial charge in [0.25, 0.3) is 0 Å².